The fourth-order valence-electron chi connectivity index (χ4n) is 1.89. The van der Waals surface area contributed by atoms with Gasteiger partial charge in [0.15, 0.2) is 5.12 Å². The second-order valence-corrected chi connectivity index (χ2v) is 6.07. The van der Waals surface area contributed by atoms with Gasteiger partial charge in [0.2, 0.25) is 5.91 Å². The lowest BCUT2D eigenvalue weighted by atomic mass is 10.1. The second-order valence-electron chi connectivity index (χ2n) is 4.82. The highest BCUT2D eigenvalue weighted by Gasteiger charge is 2.04. The van der Waals surface area contributed by atoms with E-state index in [-0.39, 0.29) is 17.4 Å². The van der Waals surface area contributed by atoms with Crippen LogP contribution >= 0.6 is 11.8 Å². The van der Waals surface area contributed by atoms with E-state index in [0.29, 0.717) is 0 Å². The number of hydrogen-bond donors (Lipinski definition) is 2. The minimum absolute atomic E-state index is 0.0409. The highest BCUT2D eigenvalue weighted by atomic mass is 32.2. The van der Waals surface area contributed by atoms with Crippen molar-refractivity contribution >= 4 is 28.5 Å². The Labute approximate surface area is 139 Å². The van der Waals surface area contributed by atoms with Gasteiger partial charge in [0, 0.05) is 11.8 Å². The number of nitrogens with one attached hydrogen (secondary N) is 2. The van der Waals surface area contributed by atoms with E-state index in [1.165, 1.54) is 18.7 Å². The van der Waals surface area contributed by atoms with E-state index in [4.69, 9.17) is 4.74 Å². The number of hydrazine groups is 1. The van der Waals surface area contributed by atoms with Crippen LogP contribution in [0.25, 0.3) is 0 Å². The van der Waals surface area contributed by atoms with Crippen molar-refractivity contribution in [1.29, 1.82) is 0 Å². The third-order valence-corrected chi connectivity index (χ3v) is 3.78. The van der Waals surface area contributed by atoms with Gasteiger partial charge >= 0.3 is 0 Å². The Balaban J connectivity index is 1.82. The molecule has 2 rings (SSSR count). The van der Waals surface area contributed by atoms with Crippen LogP contribution in [0.4, 0.5) is 5.69 Å². The van der Waals surface area contributed by atoms with Crippen molar-refractivity contribution in [2.24, 2.45) is 0 Å². The van der Waals surface area contributed by atoms with E-state index in [0.717, 1.165) is 21.9 Å². The molecule has 0 bridgehead atoms. The molecule has 2 aromatic rings. The van der Waals surface area contributed by atoms with Crippen LogP contribution in [0, 0.1) is 0 Å². The topological polar surface area (TPSA) is 67.4 Å². The first kappa shape index (κ1) is 16.9. The lowest BCUT2D eigenvalue weighted by molar-refractivity contribution is -0.120. The highest BCUT2D eigenvalue weighted by Crippen LogP contribution is 2.19. The van der Waals surface area contributed by atoms with E-state index in [9.17, 15) is 9.59 Å². The molecule has 0 aliphatic heterocycles. The maximum Gasteiger partial charge on any atom is 0.242 e. The van der Waals surface area contributed by atoms with Crippen LogP contribution < -0.4 is 15.6 Å². The molecule has 0 unspecified atom stereocenters. The molecule has 23 heavy (non-hydrogen) atoms. The largest absolute Gasteiger partial charge is 0.497 e. The monoisotopic (exact) mass is 330 g/mol. The third-order valence-electron chi connectivity index (χ3n) is 2.99. The smallest absolute Gasteiger partial charge is 0.242 e. The summed E-state index contributed by atoms with van der Waals surface area (Å²) < 4.78 is 5.07. The molecule has 120 valence electrons. The van der Waals surface area contributed by atoms with Gasteiger partial charge in [0.05, 0.1) is 19.2 Å². The number of carbonyl (C=O) groups excluding carboxylic acids is 2. The summed E-state index contributed by atoms with van der Waals surface area (Å²) in [5.41, 5.74) is 7.14. The Bertz CT molecular complexity index is 669. The first-order chi connectivity index (χ1) is 11.1. The van der Waals surface area contributed by atoms with Crippen molar-refractivity contribution in [2.45, 2.75) is 18.2 Å². The number of rotatable bonds is 6. The van der Waals surface area contributed by atoms with E-state index in [2.05, 4.69) is 10.9 Å². The minimum Gasteiger partial charge on any atom is -0.497 e. The Morgan fingerprint density at radius 2 is 1.70 bits per heavy atom. The molecule has 0 aromatic heterocycles. The van der Waals surface area contributed by atoms with Crippen LogP contribution in [0.15, 0.2) is 53.4 Å². The summed E-state index contributed by atoms with van der Waals surface area (Å²) in [5, 5.41) is 0.0409. The minimum atomic E-state index is -0.146. The zero-order chi connectivity index (χ0) is 16.7. The van der Waals surface area contributed by atoms with Crippen molar-refractivity contribution in [3.8, 4) is 5.75 Å². The number of amides is 1. The van der Waals surface area contributed by atoms with Crippen LogP contribution in [-0.4, -0.2) is 18.1 Å². The first-order valence-electron chi connectivity index (χ1n) is 7.03. The molecule has 1 amide bonds. The Kier molecular flexibility index (Phi) is 6.05. The molecule has 0 aliphatic carbocycles. The SMILES string of the molecule is COc1ccc(NNC(=O)Cc2ccc(SC(C)=O)cc2)cc1. The fraction of sp³-hybridized carbons (Fsp3) is 0.176. The summed E-state index contributed by atoms with van der Waals surface area (Å²) in [6.07, 6.45) is 0.258. The molecule has 0 saturated heterocycles. The summed E-state index contributed by atoms with van der Waals surface area (Å²) >= 11 is 1.17. The molecule has 2 aromatic carbocycles. The summed E-state index contributed by atoms with van der Waals surface area (Å²) in [6.45, 7) is 1.52. The first-order valence-corrected chi connectivity index (χ1v) is 7.85. The number of hydrogen-bond acceptors (Lipinski definition) is 5. The van der Waals surface area contributed by atoms with Gasteiger partial charge in [-0.15, -0.1) is 0 Å². The van der Waals surface area contributed by atoms with E-state index in [1.54, 1.807) is 19.2 Å². The molecule has 0 saturated carbocycles. The van der Waals surface area contributed by atoms with Crippen molar-refractivity contribution < 1.29 is 14.3 Å². The van der Waals surface area contributed by atoms with Gasteiger partial charge in [-0.1, -0.05) is 23.9 Å². The molecular weight excluding hydrogens is 312 g/mol. The van der Waals surface area contributed by atoms with Crippen LogP contribution in [0.5, 0.6) is 5.75 Å². The molecule has 2 N–H and O–H groups in total. The van der Waals surface area contributed by atoms with Crippen LogP contribution in [-0.2, 0) is 16.0 Å². The van der Waals surface area contributed by atoms with Crippen molar-refractivity contribution in [2.75, 3.05) is 12.5 Å². The maximum absolute atomic E-state index is 11.9. The van der Waals surface area contributed by atoms with Gasteiger partial charge in [0.25, 0.3) is 0 Å². The lowest BCUT2D eigenvalue weighted by Crippen LogP contribution is -2.30. The molecule has 0 atom stereocenters. The molecule has 0 spiro atoms. The number of benzene rings is 2. The standard InChI is InChI=1S/C17H18N2O3S/c1-12(20)23-16-9-3-13(4-10-16)11-17(21)19-18-14-5-7-15(22-2)8-6-14/h3-10,18H,11H2,1-2H3,(H,19,21). The average molecular weight is 330 g/mol. The van der Waals surface area contributed by atoms with E-state index < -0.39 is 0 Å². The zero-order valence-corrected chi connectivity index (χ0v) is 13.8. The Morgan fingerprint density at radius 1 is 1.04 bits per heavy atom. The van der Waals surface area contributed by atoms with Gasteiger partial charge in [-0.05, 0) is 42.0 Å². The van der Waals surface area contributed by atoms with Crippen LogP contribution in [0.1, 0.15) is 12.5 Å². The molecule has 0 fully saturated rings. The molecule has 0 heterocycles. The van der Waals surface area contributed by atoms with Gasteiger partial charge in [0.1, 0.15) is 5.75 Å². The van der Waals surface area contributed by atoms with Gasteiger partial charge in [-0.3, -0.25) is 20.4 Å². The normalized spacial score (nSPS) is 10.0. The maximum atomic E-state index is 11.9. The van der Waals surface area contributed by atoms with Crippen molar-refractivity contribution in [1.82, 2.24) is 5.43 Å². The quantitative estimate of drug-likeness (QED) is 0.629. The number of carbonyl (C=O) groups is 2. The summed E-state index contributed by atoms with van der Waals surface area (Å²) in [5.74, 6) is 0.609. The molecular formula is C17H18N2O3S. The summed E-state index contributed by atoms with van der Waals surface area (Å²) in [4.78, 5) is 23.8. The third kappa shape index (κ3) is 5.67. The molecule has 0 radical (unpaired) electrons. The van der Waals surface area contributed by atoms with Crippen molar-refractivity contribution in [3.63, 3.8) is 0 Å². The second kappa shape index (κ2) is 8.24. The molecule has 0 aliphatic rings. The van der Waals surface area contributed by atoms with Crippen molar-refractivity contribution in [3.05, 3.63) is 54.1 Å². The Hall–Kier alpha value is -2.47. The Morgan fingerprint density at radius 3 is 2.26 bits per heavy atom. The highest BCUT2D eigenvalue weighted by molar-refractivity contribution is 8.13. The average Bonchev–Trinajstić information content (AvgIpc) is 2.55. The number of ether oxygens (including phenoxy) is 1. The number of anilines is 1. The number of thioether (sulfide) groups is 1. The molecule has 5 nitrogen and oxygen atoms in total. The summed E-state index contributed by atoms with van der Waals surface area (Å²) in [6, 6.07) is 14.6. The zero-order valence-electron chi connectivity index (χ0n) is 13.0. The van der Waals surface area contributed by atoms with Gasteiger partial charge < -0.3 is 4.74 Å². The fourth-order valence-corrected chi connectivity index (χ4v) is 2.49. The van der Waals surface area contributed by atoms with Gasteiger partial charge in [-0.2, -0.15) is 0 Å². The lowest BCUT2D eigenvalue weighted by Gasteiger charge is -2.09. The van der Waals surface area contributed by atoms with E-state index >= 15 is 0 Å². The molecule has 6 heteroatoms. The summed E-state index contributed by atoms with van der Waals surface area (Å²) in [7, 11) is 1.60. The van der Waals surface area contributed by atoms with Crippen LogP contribution in [0.2, 0.25) is 0 Å². The van der Waals surface area contributed by atoms with Crippen LogP contribution in [0.3, 0.4) is 0 Å². The predicted octanol–water partition coefficient (Wildman–Crippen LogP) is 3.02. The number of methoxy groups -OCH3 is 1. The van der Waals surface area contributed by atoms with E-state index in [1.807, 2.05) is 36.4 Å². The van der Waals surface area contributed by atoms with Gasteiger partial charge in [-0.25, -0.2) is 0 Å². The predicted molar refractivity (Wildman–Crippen MR) is 91.4 cm³/mol.